The van der Waals surface area contributed by atoms with Gasteiger partial charge < -0.3 is 0 Å². The Morgan fingerprint density at radius 3 is 2.79 bits per heavy atom. The van der Waals surface area contributed by atoms with E-state index in [-0.39, 0.29) is 0 Å². The Labute approximate surface area is 92.9 Å². The molecule has 1 rings (SSSR count). The summed E-state index contributed by atoms with van der Waals surface area (Å²) in [6, 6.07) is 9.91. The van der Waals surface area contributed by atoms with Crippen molar-refractivity contribution in [3.63, 3.8) is 0 Å². The van der Waals surface area contributed by atoms with Gasteiger partial charge in [-0.25, -0.2) is 0 Å². The van der Waals surface area contributed by atoms with Gasteiger partial charge in [-0.2, -0.15) is 5.26 Å². The van der Waals surface area contributed by atoms with Crippen LogP contribution < -0.4 is 0 Å². The van der Waals surface area contributed by atoms with E-state index in [2.05, 4.69) is 33.8 Å². The van der Waals surface area contributed by atoms with Crippen LogP contribution in [-0.4, -0.2) is 5.33 Å². The predicted octanol–water partition coefficient (Wildman–Crippen LogP) is 2.89. The van der Waals surface area contributed by atoms with Gasteiger partial charge in [0.15, 0.2) is 0 Å². The molecule has 1 aromatic carbocycles. The van der Waals surface area contributed by atoms with Gasteiger partial charge in [-0.1, -0.05) is 46.0 Å². The fourth-order valence-electron chi connectivity index (χ4n) is 1.09. The molecular formula is C12H10BrN. The molecule has 70 valence electrons. The second kappa shape index (κ2) is 6.24. The first-order chi connectivity index (χ1) is 6.88. The van der Waals surface area contributed by atoms with Crippen molar-refractivity contribution in [3.05, 3.63) is 35.4 Å². The van der Waals surface area contributed by atoms with Crippen LogP contribution in [0.5, 0.6) is 0 Å². The molecular weight excluding hydrogens is 238 g/mol. The summed E-state index contributed by atoms with van der Waals surface area (Å²) >= 11 is 3.32. The normalized spacial score (nSPS) is 8.57. The highest BCUT2D eigenvalue weighted by molar-refractivity contribution is 9.09. The average molecular weight is 248 g/mol. The summed E-state index contributed by atoms with van der Waals surface area (Å²) in [6.07, 6.45) is 1.26. The van der Waals surface area contributed by atoms with Crippen LogP contribution in [0.15, 0.2) is 24.3 Å². The van der Waals surface area contributed by atoms with Crippen molar-refractivity contribution < 1.29 is 0 Å². The molecule has 2 heteroatoms. The lowest BCUT2D eigenvalue weighted by Gasteiger charge is -1.97. The first kappa shape index (κ1) is 10.8. The van der Waals surface area contributed by atoms with Gasteiger partial charge in [0.1, 0.15) is 0 Å². The van der Waals surface area contributed by atoms with Crippen LogP contribution in [0.4, 0.5) is 0 Å². The zero-order valence-corrected chi connectivity index (χ0v) is 9.34. The molecule has 0 radical (unpaired) electrons. The Bertz CT molecular complexity index is 393. The van der Waals surface area contributed by atoms with Crippen LogP contribution in [0.1, 0.15) is 17.5 Å². The van der Waals surface area contributed by atoms with Gasteiger partial charge in [0.05, 0.1) is 12.5 Å². The summed E-state index contributed by atoms with van der Waals surface area (Å²) in [5, 5.41) is 9.50. The van der Waals surface area contributed by atoms with Crippen LogP contribution in [0.2, 0.25) is 0 Å². The largest absolute Gasteiger partial charge is 0.198 e. The minimum absolute atomic E-state index is 0.430. The quantitative estimate of drug-likeness (QED) is 0.583. The average Bonchev–Trinajstić information content (AvgIpc) is 2.21. The lowest BCUT2D eigenvalue weighted by Crippen LogP contribution is -1.87. The molecule has 14 heavy (non-hydrogen) atoms. The molecule has 1 nitrogen and oxygen atoms in total. The fourth-order valence-corrected chi connectivity index (χ4v) is 1.28. The van der Waals surface area contributed by atoms with E-state index in [1.165, 1.54) is 0 Å². The summed E-state index contributed by atoms with van der Waals surface area (Å²) in [6.45, 7) is 0. The molecule has 0 aromatic heterocycles. The molecule has 0 aliphatic rings. The molecule has 1 aromatic rings. The van der Waals surface area contributed by atoms with Crippen molar-refractivity contribution in [2.24, 2.45) is 0 Å². The molecule has 0 bridgehead atoms. The van der Waals surface area contributed by atoms with Gasteiger partial charge in [0.25, 0.3) is 0 Å². The van der Waals surface area contributed by atoms with Crippen molar-refractivity contribution >= 4 is 15.9 Å². The van der Waals surface area contributed by atoms with Crippen molar-refractivity contribution in [3.8, 4) is 17.9 Å². The van der Waals surface area contributed by atoms with Crippen LogP contribution in [0.3, 0.4) is 0 Å². The highest BCUT2D eigenvalue weighted by Crippen LogP contribution is 2.07. The molecule has 0 unspecified atom stereocenters. The first-order valence-corrected chi connectivity index (χ1v) is 5.50. The minimum Gasteiger partial charge on any atom is -0.198 e. The third-order valence-electron chi connectivity index (χ3n) is 1.73. The Balaban J connectivity index is 2.87. The van der Waals surface area contributed by atoms with E-state index in [1.54, 1.807) is 0 Å². The zero-order valence-electron chi connectivity index (χ0n) is 7.76. The number of alkyl halides is 1. The van der Waals surface area contributed by atoms with Crippen LogP contribution in [-0.2, 0) is 6.42 Å². The van der Waals surface area contributed by atoms with E-state index in [0.717, 1.165) is 22.9 Å². The van der Waals surface area contributed by atoms with Gasteiger partial charge >= 0.3 is 0 Å². The number of hydrogen-bond acceptors (Lipinski definition) is 1. The molecule has 0 spiro atoms. The van der Waals surface area contributed by atoms with Crippen molar-refractivity contribution in [2.45, 2.75) is 12.8 Å². The van der Waals surface area contributed by atoms with E-state index >= 15 is 0 Å². The highest BCUT2D eigenvalue weighted by Gasteiger charge is 1.96. The predicted molar refractivity (Wildman–Crippen MR) is 61.0 cm³/mol. The number of nitrogens with zero attached hydrogens (tertiary/aromatic N) is 1. The third-order valence-corrected chi connectivity index (χ3v) is 2.13. The van der Waals surface area contributed by atoms with Gasteiger partial charge in [0.2, 0.25) is 0 Å². The van der Waals surface area contributed by atoms with Crippen LogP contribution in [0.25, 0.3) is 0 Å². The van der Waals surface area contributed by atoms with E-state index in [9.17, 15) is 0 Å². The Morgan fingerprint density at radius 2 is 2.07 bits per heavy atom. The van der Waals surface area contributed by atoms with Gasteiger partial charge in [-0.3, -0.25) is 0 Å². The maximum absolute atomic E-state index is 8.61. The van der Waals surface area contributed by atoms with Gasteiger partial charge in [0, 0.05) is 17.3 Å². The lowest BCUT2D eigenvalue weighted by atomic mass is 10.1. The second-order valence-electron chi connectivity index (χ2n) is 2.73. The lowest BCUT2D eigenvalue weighted by molar-refractivity contribution is 1.25. The molecule has 0 N–H and O–H groups in total. The number of nitriles is 1. The molecule has 0 fully saturated rings. The summed E-state index contributed by atoms with van der Waals surface area (Å²) in [5.74, 6) is 6.11. The van der Waals surface area contributed by atoms with Crippen molar-refractivity contribution in [1.29, 1.82) is 5.26 Å². The number of hydrogen-bond donors (Lipinski definition) is 0. The van der Waals surface area contributed by atoms with Crippen molar-refractivity contribution in [2.75, 3.05) is 5.33 Å². The van der Waals surface area contributed by atoms with E-state index in [0.29, 0.717) is 6.42 Å². The monoisotopic (exact) mass is 247 g/mol. The molecule has 0 atom stereocenters. The number of benzene rings is 1. The highest BCUT2D eigenvalue weighted by atomic mass is 79.9. The van der Waals surface area contributed by atoms with E-state index in [1.807, 2.05) is 24.3 Å². The standard InChI is InChI=1S/C12H10BrN/c13-9-4-3-7-11-5-1-2-6-12(11)8-10-14/h1-2,5-6H,4,8-9H2. The van der Waals surface area contributed by atoms with E-state index < -0.39 is 0 Å². The topological polar surface area (TPSA) is 23.8 Å². The Hall–Kier alpha value is -1.25. The zero-order chi connectivity index (χ0) is 10.2. The molecule has 0 aliphatic heterocycles. The van der Waals surface area contributed by atoms with Crippen LogP contribution in [0, 0.1) is 23.2 Å². The molecule has 0 amide bonds. The maximum Gasteiger partial charge on any atom is 0.0670 e. The molecule has 0 saturated carbocycles. The van der Waals surface area contributed by atoms with Crippen molar-refractivity contribution in [1.82, 2.24) is 0 Å². The summed E-state index contributed by atoms with van der Waals surface area (Å²) in [7, 11) is 0. The SMILES string of the molecule is N#CCc1ccccc1C#CCCBr. The minimum atomic E-state index is 0.430. The smallest absolute Gasteiger partial charge is 0.0670 e. The molecule has 0 heterocycles. The summed E-state index contributed by atoms with van der Waals surface area (Å²) < 4.78 is 0. The van der Waals surface area contributed by atoms with E-state index in [4.69, 9.17) is 5.26 Å². The van der Waals surface area contributed by atoms with Gasteiger partial charge in [-0.05, 0) is 11.6 Å². The third kappa shape index (κ3) is 3.24. The Morgan fingerprint density at radius 1 is 1.29 bits per heavy atom. The first-order valence-electron chi connectivity index (χ1n) is 4.38. The summed E-state index contributed by atoms with van der Waals surface area (Å²) in [5.41, 5.74) is 1.98. The maximum atomic E-state index is 8.61. The number of rotatable bonds is 2. The molecule has 0 saturated heterocycles. The fraction of sp³-hybridized carbons (Fsp3) is 0.250. The number of halogens is 1. The van der Waals surface area contributed by atoms with Gasteiger partial charge in [-0.15, -0.1) is 0 Å². The summed E-state index contributed by atoms with van der Waals surface area (Å²) in [4.78, 5) is 0. The molecule has 0 aliphatic carbocycles. The van der Waals surface area contributed by atoms with Crippen LogP contribution >= 0.6 is 15.9 Å². The second-order valence-corrected chi connectivity index (χ2v) is 3.53. The Kier molecular flexibility index (Phi) is 4.83.